The highest BCUT2D eigenvalue weighted by Gasteiger charge is 2.57. The normalized spacial score (nSPS) is 33.4. The van der Waals surface area contributed by atoms with Crippen molar-refractivity contribution < 1.29 is 23.8 Å². The van der Waals surface area contributed by atoms with Crippen LogP contribution in [-0.2, 0) is 23.8 Å². The van der Waals surface area contributed by atoms with E-state index in [1.807, 2.05) is 0 Å². The Morgan fingerprint density at radius 3 is 2.68 bits per heavy atom. The molecule has 0 aliphatic carbocycles. The van der Waals surface area contributed by atoms with E-state index in [-0.39, 0.29) is 5.92 Å². The van der Waals surface area contributed by atoms with Crippen LogP contribution in [0.4, 0.5) is 0 Å². The van der Waals surface area contributed by atoms with Gasteiger partial charge in [-0.1, -0.05) is 6.92 Å². The van der Waals surface area contributed by atoms with Gasteiger partial charge in [-0.05, 0) is 0 Å². The van der Waals surface area contributed by atoms with E-state index in [9.17, 15) is 19.2 Å². The van der Waals surface area contributed by atoms with Crippen LogP contribution in [0.25, 0.3) is 0 Å². The first-order valence-electron chi connectivity index (χ1n) is 6.73. The maximum absolute atomic E-state index is 11.9. The molecule has 118 valence electrons. The number of carbonyl (C=O) groups excluding carboxylic acids is 2. The SMILES string of the molecule is CC(=O)O[C@@H]1C(=O)O[C@@H]2[C@H](C)[C@H](n3ccc(=O)[nH]c3=O)O[C@H]21. The summed E-state index contributed by atoms with van der Waals surface area (Å²) in [6.45, 7) is 2.93. The van der Waals surface area contributed by atoms with Crippen LogP contribution in [0.3, 0.4) is 0 Å². The zero-order valence-corrected chi connectivity index (χ0v) is 11.8. The molecule has 0 amide bonds. The summed E-state index contributed by atoms with van der Waals surface area (Å²) in [5.74, 6) is -1.63. The van der Waals surface area contributed by atoms with Crippen LogP contribution >= 0.6 is 0 Å². The number of hydrogen-bond donors (Lipinski definition) is 1. The summed E-state index contributed by atoms with van der Waals surface area (Å²) in [4.78, 5) is 47.9. The molecule has 2 aliphatic heterocycles. The fourth-order valence-corrected chi connectivity index (χ4v) is 2.82. The van der Waals surface area contributed by atoms with E-state index in [1.165, 1.54) is 23.8 Å². The standard InChI is InChI=1S/C13H14N2O7/c1-5-8-9(10(12(18)22-8)20-6(2)16)21-11(5)15-4-3-7(17)14-13(15)19/h3-5,8-11H,1-2H3,(H,14,17,19)/t5-,8+,9+,10-,11+/m0/s1. The van der Waals surface area contributed by atoms with Crippen LogP contribution in [0.5, 0.6) is 0 Å². The van der Waals surface area contributed by atoms with Crippen molar-refractivity contribution in [3.8, 4) is 0 Å². The highest BCUT2D eigenvalue weighted by molar-refractivity contribution is 5.81. The van der Waals surface area contributed by atoms with Crippen LogP contribution in [0.2, 0.25) is 0 Å². The largest absolute Gasteiger partial charge is 0.456 e. The molecule has 1 aromatic heterocycles. The van der Waals surface area contributed by atoms with Crippen LogP contribution < -0.4 is 11.2 Å². The molecule has 0 spiro atoms. The highest BCUT2D eigenvalue weighted by atomic mass is 16.7. The van der Waals surface area contributed by atoms with Crippen molar-refractivity contribution in [2.24, 2.45) is 5.92 Å². The Labute approximate surface area is 123 Å². The van der Waals surface area contributed by atoms with Gasteiger partial charge in [-0.3, -0.25) is 19.1 Å². The van der Waals surface area contributed by atoms with Gasteiger partial charge in [0, 0.05) is 25.1 Å². The van der Waals surface area contributed by atoms with Crippen LogP contribution in [0.1, 0.15) is 20.1 Å². The summed E-state index contributed by atoms with van der Waals surface area (Å²) in [7, 11) is 0. The summed E-state index contributed by atoms with van der Waals surface area (Å²) in [6.07, 6.45) is -1.97. The summed E-state index contributed by atoms with van der Waals surface area (Å²) < 4.78 is 17.1. The number of nitrogens with one attached hydrogen (secondary N) is 1. The monoisotopic (exact) mass is 310 g/mol. The van der Waals surface area contributed by atoms with Crippen molar-refractivity contribution in [2.75, 3.05) is 0 Å². The van der Waals surface area contributed by atoms with Gasteiger partial charge in [0.2, 0.25) is 6.10 Å². The van der Waals surface area contributed by atoms with E-state index in [2.05, 4.69) is 4.98 Å². The van der Waals surface area contributed by atoms with E-state index in [0.29, 0.717) is 0 Å². The summed E-state index contributed by atoms with van der Waals surface area (Å²) in [6, 6.07) is 1.20. The lowest BCUT2D eigenvalue weighted by Gasteiger charge is -2.20. The van der Waals surface area contributed by atoms with Crippen molar-refractivity contribution in [3.63, 3.8) is 0 Å². The van der Waals surface area contributed by atoms with Gasteiger partial charge < -0.3 is 14.2 Å². The lowest BCUT2D eigenvalue weighted by atomic mass is 10.0. The lowest BCUT2D eigenvalue weighted by molar-refractivity contribution is -0.166. The molecule has 0 radical (unpaired) electrons. The van der Waals surface area contributed by atoms with E-state index >= 15 is 0 Å². The Bertz CT molecular complexity index is 736. The highest BCUT2D eigenvalue weighted by Crippen LogP contribution is 2.41. The Morgan fingerprint density at radius 1 is 1.32 bits per heavy atom. The van der Waals surface area contributed by atoms with Gasteiger partial charge in [-0.15, -0.1) is 0 Å². The minimum atomic E-state index is -1.14. The van der Waals surface area contributed by atoms with E-state index in [4.69, 9.17) is 14.2 Å². The average molecular weight is 310 g/mol. The second-order valence-electron chi connectivity index (χ2n) is 5.30. The summed E-state index contributed by atoms with van der Waals surface area (Å²) >= 11 is 0. The fourth-order valence-electron chi connectivity index (χ4n) is 2.82. The number of hydrogen-bond acceptors (Lipinski definition) is 7. The van der Waals surface area contributed by atoms with Crippen molar-refractivity contribution in [1.29, 1.82) is 0 Å². The molecule has 22 heavy (non-hydrogen) atoms. The van der Waals surface area contributed by atoms with E-state index in [1.54, 1.807) is 6.92 Å². The maximum Gasteiger partial charge on any atom is 0.350 e. The van der Waals surface area contributed by atoms with Gasteiger partial charge in [-0.25, -0.2) is 9.59 Å². The maximum atomic E-state index is 11.9. The minimum Gasteiger partial charge on any atom is -0.456 e. The predicted molar refractivity (Wildman–Crippen MR) is 69.8 cm³/mol. The van der Waals surface area contributed by atoms with E-state index < -0.39 is 47.7 Å². The molecule has 2 saturated heterocycles. The van der Waals surface area contributed by atoms with Crippen LogP contribution in [-0.4, -0.2) is 39.8 Å². The number of fused-ring (bicyclic) bond motifs is 1. The molecule has 1 aromatic rings. The molecule has 9 heteroatoms. The molecule has 0 bridgehead atoms. The number of esters is 2. The molecule has 1 N–H and O–H groups in total. The molecule has 0 unspecified atom stereocenters. The Hall–Kier alpha value is -2.42. The minimum absolute atomic E-state index is 0.349. The quantitative estimate of drug-likeness (QED) is 0.691. The Balaban J connectivity index is 1.90. The summed E-state index contributed by atoms with van der Waals surface area (Å²) in [5.41, 5.74) is -1.14. The van der Waals surface area contributed by atoms with Crippen molar-refractivity contribution in [3.05, 3.63) is 33.1 Å². The number of H-pyrrole nitrogens is 1. The van der Waals surface area contributed by atoms with Crippen LogP contribution in [0, 0.1) is 5.92 Å². The third-order valence-electron chi connectivity index (χ3n) is 3.79. The van der Waals surface area contributed by atoms with Crippen molar-refractivity contribution in [2.45, 2.75) is 38.4 Å². The smallest absolute Gasteiger partial charge is 0.350 e. The topological polar surface area (TPSA) is 117 Å². The first kappa shape index (κ1) is 14.5. The van der Waals surface area contributed by atoms with Gasteiger partial charge >= 0.3 is 17.6 Å². The van der Waals surface area contributed by atoms with Gasteiger partial charge in [0.25, 0.3) is 5.56 Å². The lowest BCUT2D eigenvalue weighted by Crippen LogP contribution is -2.36. The third-order valence-corrected chi connectivity index (χ3v) is 3.79. The molecule has 9 nitrogen and oxygen atoms in total. The zero-order chi connectivity index (χ0) is 16.0. The molecular formula is C13H14N2O7. The van der Waals surface area contributed by atoms with Gasteiger partial charge in [0.1, 0.15) is 18.4 Å². The second kappa shape index (κ2) is 5.09. The molecular weight excluding hydrogens is 296 g/mol. The number of rotatable bonds is 2. The molecule has 0 saturated carbocycles. The molecule has 2 aliphatic rings. The Kier molecular flexibility index (Phi) is 3.36. The third kappa shape index (κ3) is 2.23. The second-order valence-corrected chi connectivity index (χ2v) is 5.30. The molecule has 3 heterocycles. The number of carbonyl (C=O) groups is 2. The fraction of sp³-hybridized carbons (Fsp3) is 0.538. The predicted octanol–water partition coefficient (Wildman–Crippen LogP) is -1.07. The van der Waals surface area contributed by atoms with E-state index in [0.717, 1.165) is 0 Å². The van der Waals surface area contributed by atoms with Crippen LogP contribution in [0.15, 0.2) is 21.9 Å². The molecule has 3 rings (SSSR count). The van der Waals surface area contributed by atoms with Gasteiger partial charge in [0.15, 0.2) is 0 Å². The molecule has 5 atom stereocenters. The van der Waals surface area contributed by atoms with Crippen molar-refractivity contribution in [1.82, 2.24) is 9.55 Å². The first-order chi connectivity index (χ1) is 10.4. The molecule has 0 aromatic carbocycles. The first-order valence-corrected chi connectivity index (χ1v) is 6.73. The number of aromatic amines is 1. The number of aromatic nitrogens is 2. The van der Waals surface area contributed by atoms with Gasteiger partial charge in [0.05, 0.1) is 0 Å². The summed E-state index contributed by atoms with van der Waals surface area (Å²) in [5, 5.41) is 0. The Morgan fingerprint density at radius 2 is 2.05 bits per heavy atom. The average Bonchev–Trinajstić information content (AvgIpc) is 2.89. The van der Waals surface area contributed by atoms with Gasteiger partial charge in [-0.2, -0.15) is 0 Å². The number of nitrogens with zero attached hydrogens (tertiary/aromatic N) is 1. The zero-order valence-electron chi connectivity index (χ0n) is 11.8. The molecule has 2 fully saturated rings. The number of ether oxygens (including phenoxy) is 3. The van der Waals surface area contributed by atoms with Crippen molar-refractivity contribution >= 4 is 11.9 Å².